The molecule has 3 N–H and O–H groups in total. The number of hydrogen-bond acceptors (Lipinski definition) is 3. The van der Waals surface area contributed by atoms with E-state index in [0.717, 1.165) is 19.3 Å². The Morgan fingerprint density at radius 2 is 2.33 bits per heavy atom. The largest absolute Gasteiger partial charge is 0.450 e. The summed E-state index contributed by atoms with van der Waals surface area (Å²) in [4.78, 5) is 11.4. The molecule has 2 atom stereocenters. The lowest BCUT2D eigenvalue weighted by molar-refractivity contribution is 0.110. The minimum absolute atomic E-state index is 0.246. The van der Waals surface area contributed by atoms with Crippen molar-refractivity contribution in [3.05, 3.63) is 0 Å². The van der Waals surface area contributed by atoms with Gasteiger partial charge in [0.1, 0.15) is 0 Å². The standard InChI is InChI=1S/C11H22N2O2/c1-3-15-10(14)13-11(8-12)7-5-4-6-9(11)2/h9H,3-8,12H2,1-2H3,(H,13,14). The predicted molar refractivity (Wildman–Crippen MR) is 59.6 cm³/mol. The second-order valence-electron chi connectivity index (χ2n) is 4.35. The zero-order chi connectivity index (χ0) is 11.3. The number of hydrogen-bond donors (Lipinski definition) is 2. The molecule has 88 valence electrons. The van der Waals surface area contributed by atoms with Gasteiger partial charge in [-0.25, -0.2) is 4.79 Å². The summed E-state index contributed by atoms with van der Waals surface area (Å²) in [6, 6.07) is 0. The maximum atomic E-state index is 11.4. The van der Waals surface area contributed by atoms with Crippen LogP contribution in [-0.2, 0) is 4.74 Å². The van der Waals surface area contributed by atoms with Gasteiger partial charge in [-0.15, -0.1) is 0 Å². The molecular weight excluding hydrogens is 192 g/mol. The van der Waals surface area contributed by atoms with Crippen molar-refractivity contribution in [2.75, 3.05) is 13.2 Å². The van der Waals surface area contributed by atoms with E-state index in [4.69, 9.17) is 10.5 Å². The lowest BCUT2D eigenvalue weighted by atomic mass is 9.74. The van der Waals surface area contributed by atoms with Crippen LogP contribution in [0, 0.1) is 5.92 Å². The molecule has 0 aromatic heterocycles. The van der Waals surface area contributed by atoms with Crippen LogP contribution in [0.3, 0.4) is 0 Å². The number of ether oxygens (including phenoxy) is 1. The Bertz CT molecular complexity index is 221. The summed E-state index contributed by atoms with van der Waals surface area (Å²) in [5, 5.41) is 2.95. The van der Waals surface area contributed by atoms with Crippen LogP contribution >= 0.6 is 0 Å². The van der Waals surface area contributed by atoms with Crippen LogP contribution in [0.1, 0.15) is 39.5 Å². The van der Waals surface area contributed by atoms with Crippen molar-refractivity contribution in [2.45, 2.75) is 45.1 Å². The Morgan fingerprint density at radius 1 is 1.60 bits per heavy atom. The lowest BCUT2D eigenvalue weighted by Gasteiger charge is -2.42. The van der Waals surface area contributed by atoms with Crippen LogP contribution < -0.4 is 11.1 Å². The molecule has 0 bridgehead atoms. The molecule has 1 rings (SSSR count). The molecule has 0 aromatic rings. The van der Waals surface area contributed by atoms with Crippen LogP contribution in [0.2, 0.25) is 0 Å². The average molecular weight is 214 g/mol. The van der Waals surface area contributed by atoms with E-state index in [-0.39, 0.29) is 11.6 Å². The fraction of sp³-hybridized carbons (Fsp3) is 0.909. The highest BCUT2D eigenvalue weighted by Crippen LogP contribution is 2.32. The first-order chi connectivity index (χ1) is 7.14. The molecule has 4 nitrogen and oxygen atoms in total. The number of nitrogens with one attached hydrogen (secondary N) is 1. The molecule has 0 radical (unpaired) electrons. The van der Waals surface area contributed by atoms with Crippen LogP contribution in [0.15, 0.2) is 0 Å². The molecular formula is C11H22N2O2. The van der Waals surface area contributed by atoms with Gasteiger partial charge >= 0.3 is 6.09 Å². The quantitative estimate of drug-likeness (QED) is 0.750. The number of carbonyl (C=O) groups is 1. The Kier molecular flexibility index (Phi) is 4.39. The average Bonchev–Trinajstić information content (AvgIpc) is 2.22. The normalized spacial score (nSPS) is 31.0. The van der Waals surface area contributed by atoms with Gasteiger partial charge in [0, 0.05) is 6.54 Å². The molecule has 0 heterocycles. The fourth-order valence-electron chi connectivity index (χ4n) is 2.32. The van der Waals surface area contributed by atoms with E-state index < -0.39 is 0 Å². The Hall–Kier alpha value is -0.770. The third-order valence-electron chi connectivity index (χ3n) is 3.44. The maximum Gasteiger partial charge on any atom is 0.407 e. The zero-order valence-electron chi connectivity index (χ0n) is 9.71. The number of amides is 1. The van der Waals surface area contributed by atoms with E-state index in [1.54, 1.807) is 6.92 Å². The lowest BCUT2D eigenvalue weighted by Crippen LogP contribution is -2.59. The number of carbonyl (C=O) groups excluding carboxylic acids is 1. The van der Waals surface area contributed by atoms with E-state index in [9.17, 15) is 4.79 Å². The highest BCUT2D eigenvalue weighted by molar-refractivity contribution is 5.68. The van der Waals surface area contributed by atoms with Crippen LogP contribution in [-0.4, -0.2) is 24.8 Å². The summed E-state index contributed by atoms with van der Waals surface area (Å²) < 4.78 is 4.91. The summed E-state index contributed by atoms with van der Waals surface area (Å²) in [6.07, 6.45) is 4.12. The van der Waals surface area contributed by atoms with E-state index >= 15 is 0 Å². The first kappa shape index (κ1) is 12.3. The Labute approximate surface area is 91.5 Å². The molecule has 4 heteroatoms. The highest BCUT2D eigenvalue weighted by atomic mass is 16.5. The second kappa shape index (κ2) is 5.35. The second-order valence-corrected chi connectivity index (χ2v) is 4.35. The van der Waals surface area contributed by atoms with Gasteiger partial charge in [-0.3, -0.25) is 0 Å². The molecule has 0 spiro atoms. The van der Waals surface area contributed by atoms with Crippen LogP contribution in [0.4, 0.5) is 4.79 Å². The van der Waals surface area contributed by atoms with Crippen LogP contribution in [0.25, 0.3) is 0 Å². The Morgan fingerprint density at radius 3 is 2.87 bits per heavy atom. The molecule has 2 unspecified atom stereocenters. The van der Waals surface area contributed by atoms with E-state index in [1.165, 1.54) is 6.42 Å². The topological polar surface area (TPSA) is 64.3 Å². The van der Waals surface area contributed by atoms with Crippen molar-refractivity contribution in [3.8, 4) is 0 Å². The maximum absolute atomic E-state index is 11.4. The SMILES string of the molecule is CCOC(=O)NC1(CN)CCCCC1C. The number of rotatable bonds is 3. The van der Waals surface area contributed by atoms with Crippen LogP contribution in [0.5, 0.6) is 0 Å². The Balaban J connectivity index is 2.61. The highest BCUT2D eigenvalue weighted by Gasteiger charge is 2.38. The molecule has 1 saturated carbocycles. The van der Waals surface area contributed by atoms with Gasteiger partial charge in [0.25, 0.3) is 0 Å². The van der Waals surface area contributed by atoms with Gasteiger partial charge in [0.2, 0.25) is 0 Å². The van der Waals surface area contributed by atoms with Gasteiger partial charge in [-0.1, -0.05) is 19.8 Å². The van der Waals surface area contributed by atoms with Crippen molar-refractivity contribution in [3.63, 3.8) is 0 Å². The molecule has 15 heavy (non-hydrogen) atoms. The number of nitrogens with two attached hydrogens (primary N) is 1. The van der Waals surface area contributed by atoms with Crippen molar-refractivity contribution < 1.29 is 9.53 Å². The first-order valence-corrected chi connectivity index (χ1v) is 5.79. The van der Waals surface area contributed by atoms with E-state index in [1.807, 2.05) is 0 Å². The van der Waals surface area contributed by atoms with Crippen molar-refractivity contribution in [1.82, 2.24) is 5.32 Å². The van der Waals surface area contributed by atoms with E-state index in [2.05, 4.69) is 12.2 Å². The minimum Gasteiger partial charge on any atom is -0.450 e. The smallest absolute Gasteiger partial charge is 0.407 e. The molecule has 1 aliphatic rings. The van der Waals surface area contributed by atoms with E-state index in [0.29, 0.717) is 19.1 Å². The molecule has 1 fully saturated rings. The predicted octanol–water partition coefficient (Wildman–Crippen LogP) is 1.64. The zero-order valence-corrected chi connectivity index (χ0v) is 9.71. The first-order valence-electron chi connectivity index (χ1n) is 5.79. The van der Waals surface area contributed by atoms with Crippen molar-refractivity contribution in [1.29, 1.82) is 0 Å². The van der Waals surface area contributed by atoms with Crippen molar-refractivity contribution >= 4 is 6.09 Å². The van der Waals surface area contributed by atoms with Gasteiger partial charge in [-0.05, 0) is 25.7 Å². The summed E-state index contributed by atoms with van der Waals surface area (Å²) in [7, 11) is 0. The van der Waals surface area contributed by atoms with Crippen molar-refractivity contribution in [2.24, 2.45) is 11.7 Å². The molecule has 0 aromatic carbocycles. The number of alkyl carbamates (subject to hydrolysis) is 1. The van der Waals surface area contributed by atoms with Gasteiger partial charge < -0.3 is 15.8 Å². The molecule has 1 amide bonds. The van der Waals surface area contributed by atoms with Gasteiger partial charge in [-0.2, -0.15) is 0 Å². The summed E-state index contributed by atoms with van der Waals surface area (Å²) in [5.41, 5.74) is 5.56. The third kappa shape index (κ3) is 2.84. The fourth-order valence-corrected chi connectivity index (χ4v) is 2.32. The summed E-state index contributed by atoms with van der Waals surface area (Å²) in [5.74, 6) is 0.431. The van der Waals surface area contributed by atoms with Gasteiger partial charge in [0.05, 0.1) is 12.1 Å². The third-order valence-corrected chi connectivity index (χ3v) is 3.44. The monoisotopic (exact) mass is 214 g/mol. The van der Waals surface area contributed by atoms with Gasteiger partial charge in [0.15, 0.2) is 0 Å². The summed E-state index contributed by atoms with van der Waals surface area (Å²) >= 11 is 0. The molecule has 0 aliphatic heterocycles. The summed E-state index contributed by atoms with van der Waals surface area (Å²) in [6.45, 7) is 4.85. The molecule has 1 aliphatic carbocycles. The molecule has 0 saturated heterocycles. The minimum atomic E-state index is -0.336.